The van der Waals surface area contributed by atoms with Gasteiger partial charge in [0.2, 0.25) is 0 Å². The number of nitrogens with zero attached hydrogens (tertiary/aromatic N) is 1. The number of rotatable bonds is 6. The molecule has 0 bridgehead atoms. The number of hydrogen-bond donors (Lipinski definition) is 0. The monoisotopic (exact) mass is 413 g/mol. The van der Waals surface area contributed by atoms with Crippen molar-refractivity contribution >= 4 is 40.7 Å². The van der Waals surface area contributed by atoms with Gasteiger partial charge in [0, 0.05) is 17.2 Å². The highest BCUT2D eigenvalue weighted by Crippen LogP contribution is 2.34. The number of ether oxygens (including phenoxy) is 1. The van der Waals surface area contributed by atoms with E-state index >= 15 is 0 Å². The Hall–Kier alpha value is -3.13. The Morgan fingerprint density at radius 2 is 2.00 bits per heavy atom. The average molecular weight is 413 g/mol. The normalized spacial score (nSPS) is 16.4. The van der Waals surface area contributed by atoms with Gasteiger partial charge < -0.3 is 9.15 Å². The number of benzene rings is 1. The summed E-state index contributed by atoms with van der Waals surface area (Å²) in [6.45, 7) is 4.75. The molecule has 7 nitrogen and oxygen atoms in total. The van der Waals surface area contributed by atoms with Gasteiger partial charge in [0.25, 0.3) is 11.1 Å². The minimum atomic E-state index is -1.00. The lowest BCUT2D eigenvalue weighted by atomic mass is 10.1. The summed E-state index contributed by atoms with van der Waals surface area (Å²) in [5, 5.41) is -0.539. The number of carbonyl (C=O) groups is 4. The van der Waals surface area contributed by atoms with Crippen LogP contribution in [0.4, 0.5) is 4.79 Å². The SMILES string of the molecule is CCOC(=O)[C@@H](C)N1C(=O)S/C(=C/c2ccc(-c3cccc(C(C)=O)c3)o2)C1=O. The summed E-state index contributed by atoms with van der Waals surface area (Å²) in [6.07, 6.45) is 1.46. The maximum Gasteiger partial charge on any atom is 0.329 e. The smallest absolute Gasteiger partial charge is 0.329 e. The Bertz CT molecular complexity index is 1020. The second-order valence-corrected chi connectivity index (χ2v) is 7.31. The van der Waals surface area contributed by atoms with Crippen LogP contribution >= 0.6 is 11.8 Å². The van der Waals surface area contributed by atoms with Gasteiger partial charge in [0.15, 0.2) is 5.78 Å². The van der Waals surface area contributed by atoms with Crippen LogP contribution in [-0.2, 0) is 14.3 Å². The topological polar surface area (TPSA) is 93.9 Å². The lowest BCUT2D eigenvalue weighted by Crippen LogP contribution is -2.42. The number of ketones is 1. The molecule has 29 heavy (non-hydrogen) atoms. The Labute approximate surface area is 171 Å². The van der Waals surface area contributed by atoms with Crippen molar-refractivity contribution in [1.82, 2.24) is 4.90 Å². The molecule has 1 aliphatic rings. The highest BCUT2D eigenvalue weighted by molar-refractivity contribution is 8.18. The maximum atomic E-state index is 12.6. The van der Waals surface area contributed by atoms with E-state index in [0.717, 1.165) is 22.2 Å². The van der Waals surface area contributed by atoms with Crippen molar-refractivity contribution in [3.63, 3.8) is 0 Å². The molecule has 0 radical (unpaired) electrons. The largest absolute Gasteiger partial charge is 0.464 e. The third-order valence-corrected chi connectivity index (χ3v) is 5.18. The Balaban J connectivity index is 1.82. The lowest BCUT2D eigenvalue weighted by molar-refractivity contribution is -0.150. The summed E-state index contributed by atoms with van der Waals surface area (Å²) in [6, 6.07) is 9.39. The molecule has 0 unspecified atom stereocenters. The van der Waals surface area contributed by atoms with Gasteiger partial charge in [-0.2, -0.15) is 0 Å². The Kier molecular flexibility index (Phi) is 6.03. The molecule has 0 saturated carbocycles. The zero-order valence-electron chi connectivity index (χ0n) is 16.1. The van der Waals surface area contributed by atoms with Crippen LogP contribution in [0.2, 0.25) is 0 Å². The zero-order chi connectivity index (χ0) is 21.1. The van der Waals surface area contributed by atoms with E-state index in [0.29, 0.717) is 17.1 Å². The van der Waals surface area contributed by atoms with Gasteiger partial charge in [-0.05, 0) is 50.7 Å². The fourth-order valence-corrected chi connectivity index (χ4v) is 3.68. The molecule has 2 heterocycles. The van der Waals surface area contributed by atoms with Gasteiger partial charge in [0.05, 0.1) is 11.5 Å². The quantitative estimate of drug-likeness (QED) is 0.399. The molecular weight excluding hydrogens is 394 g/mol. The third kappa shape index (κ3) is 4.32. The Morgan fingerprint density at radius 3 is 2.69 bits per heavy atom. The van der Waals surface area contributed by atoms with E-state index in [-0.39, 0.29) is 17.3 Å². The van der Waals surface area contributed by atoms with Crippen molar-refractivity contribution in [3.05, 3.63) is 52.6 Å². The molecule has 2 amide bonds. The number of imide groups is 1. The molecule has 1 aromatic carbocycles. The van der Waals surface area contributed by atoms with E-state index in [1.807, 2.05) is 6.07 Å². The Morgan fingerprint density at radius 1 is 1.24 bits per heavy atom. The summed E-state index contributed by atoms with van der Waals surface area (Å²) in [5.41, 5.74) is 1.29. The summed E-state index contributed by atoms with van der Waals surface area (Å²) in [4.78, 5) is 49.3. The molecule has 0 N–H and O–H groups in total. The molecule has 1 fully saturated rings. The van der Waals surface area contributed by atoms with E-state index in [9.17, 15) is 19.2 Å². The first-order chi connectivity index (χ1) is 13.8. The lowest BCUT2D eigenvalue weighted by Gasteiger charge is -2.19. The number of esters is 1. The predicted molar refractivity (Wildman–Crippen MR) is 108 cm³/mol. The molecule has 2 aromatic rings. The van der Waals surface area contributed by atoms with Crippen LogP contribution in [0.1, 0.15) is 36.9 Å². The van der Waals surface area contributed by atoms with Gasteiger partial charge in [0.1, 0.15) is 17.6 Å². The van der Waals surface area contributed by atoms with Crippen molar-refractivity contribution in [1.29, 1.82) is 0 Å². The van der Waals surface area contributed by atoms with Crippen LogP contribution in [0.5, 0.6) is 0 Å². The highest BCUT2D eigenvalue weighted by Gasteiger charge is 2.41. The van der Waals surface area contributed by atoms with Crippen molar-refractivity contribution in [3.8, 4) is 11.3 Å². The molecule has 1 aliphatic heterocycles. The van der Waals surface area contributed by atoms with Crippen LogP contribution in [0.15, 0.2) is 45.7 Å². The number of hydrogen-bond acceptors (Lipinski definition) is 7. The second kappa shape index (κ2) is 8.48. The molecule has 3 rings (SSSR count). The van der Waals surface area contributed by atoms with E-state index in [1.165, 1.54) is 19.9 Å². The fraction of sp³-hybridized carbons (Fsp3) is 0.238. The average Bonchev–Trinajstić information content (AvgIpc) is 3.26. The van der Waals surface area contributed by atoms with Gasteiger partial charge in [-0.1, -0.05) is 18.2 Å². The summed E-state index contributed by atoms with van der Waals surface area (Å²) >= 11 is 0.738. The molecule has 8 heteroatoms. The summed E-state index contributed by atoms with van der Waals surface area (Å²) in [7, 11) is 0. The van der Waals surface area contributed by atoms with Crippen LogP contribution < -0.4 is 0 Å². The van der Waals surface area contributed by atoms with Crippen LogP contribution in [0.25, 0.3) is 17.4 Å². The molecule has 1 atom stereocenters. The van der Waals surface area contributed by atoms with Crippen molar-refractivity contribution in [2.45, 2.75) is 26.8 Å². The molecule has 0 spiro atoms. The fourth-order valence-electron chi connectivity index (χ4n) is 2.79. The first-order valence-corrected chi connectivity index (χ1v) is 9.78. The van der Waals surface area contributed by atoms with E-state index in [2.05, 4.69) is 0 Å². The van der Waals surface area contributed by atoms with Gasteiger partial charge in [-0.25, -0.2) is 4.79 Å². The van der Waals surface area contributed by atoms with Gasteiger partial charge in [-0.15, -0.1) is 0 Å². The first kappa shape index (κ1) is 20.6. The van der Waals surface area contributed by atoms with E-state index in [1.54, 1.807) is 37.3 Å². The molecular formula is C21H19NO6S. The first-order valence-electron chi connectivity index (χ1n) is 8.96. The predicted octanol–water partition coefficient (Wildman–Crippen LogP) is 4.14. The maximum absolute atomic E-state index is 12.6. The molecule has 150 valence electrons. The van der Waals surface area contributed by atoms with Crippen LogP contribution in [-0.4, -0.2) is 40.4 Å². The number of carbonyl (C=O) groups excluding carboxylic acids is 4. The number of furan rings is 1. The van der Waals surface area contributed by atoms with E-state index in [4.69, 9.17) is 9.15 Å². The van der Waals surface area contributed by atoms with Gasteiger partial charge >= 0.3 is 5.97 Å². The molecule has 0 aliphatic carbocycles. The van der Waals surface area contributed by atoms with Crippen molar-refractivity contribution in [2.24, 2.45) is 0 Å². The van der Waals surface area contributed by atoms with Crippen LogP contribution in [0.3, 0.4) is 0 Å². The second-order valence-electron chi connectivity index (χ2n) is 6.32. The van der Waals surface area contributed by atoms with Crippen LogP contribution in [0, 0.1) is 0 Å². The number of thioether (sulfide) groups is 1. The third-order valence-electron chi connectivity index (χ3n) is 4.29. The summed E-state index contributed by atoms with van der Waals surface area (Å²) < 4.78 is 10.6. The highest BCUT2D eigenvalue weighted by atomic mass is 32.2. The minimum Gasteiger partial charge on any atom is -0.464 e. The minimum absolute atomic E-state index is 0.0528. The number of amides is 2. The standard InChI is InChI=1S/C21H19NO6S/c1-4-27-20(25)12(2)22-19(24)18(29-21(22)26)11-16-8-9-17(28-16)15-7-5-6-14(10-15)13(3)23/h5-12H,4H2,1-3H3/b18-11+/t12-/m1/s1. The summed E-state index contributed by atoms with van der Waals surface area (Å²) in [5.74, 6) is -0.359. The zero-order valence-corrected chi connectivity index (χ0v) is 16.9. The van der Waals surface area contributed by atoms with E-state index < -0.39 is 23.2 Å². The van der Waals surface area contributed by atoms with Crippen molar-refractivity contribution < 1.29 is 28.3 Å². The van der Waals surface area contributed by atoms with Crippen molar-refractivity contribution in [2.75, 3.05) is 6.61 Å². The number of Topliss-reactive ketones (excluding diaryl/α,β-unsaturated/α-hetero) is 1. The molecule has 1 saturated heterocycles. The van der Waals surface area contributed by atoms with Gasteiger partial charge in [-0.3, -0.25) is 19.3 Å². The molecule has 1 aromatic heterocycles.